The van der Waals surface area contributed by atoms with Crippen LogP contribution in [0.1, 0.15) is 25.3 Å². The van der Waals surface area contributed by atoms with Crippen molar-refractivity contribution in [2.24, 2.45) is 0 Å². The van der Waals surface area contributed by atoms with E-state index in [1.165, 1.54) is 5.56 Å². The summed E-state index contributed by atoms with van der Waals surface area (Å²) in [5.74, 6) is 0.824. The van der Waals surface area contributed by atoms with Crippen LogP contribution >= 0.6 is 15.9 Å². The van der Waals surface area contributed by atoms with Crippen molar-refractivity contribution in [2.75, 3.05) is 5.73 Å². The first kappa shape index (κ1) is 11.2. The Kier molecular flexibility index (Phi) is 3.01. The average Bonchev–Trinajstić information content (AvgIpc) is 2.63. The molecule has 0 fully saturated rings. The molecule has 0 aliphatic heterocycles. The smallest absolute Gasteiger partial charge is 0.229 e. The molecule has 0 aliphatic rings. The topological polar surface area (TPSA) is 52.0 Å². The van der Waals surface area contributed by atoms with E-state index in [0.29, 0.717) is 11.8 Å². The van der Waals surface area contributed by atoms with Crippen LogP contribution in [0.3, 0.4) is 0 Å². The first-order chi connectivity index (χ1) is 7.58. The van der Waals surface area contributed by atoms with Gasteiger partial charge in [0.2, 0.25) is 5.88 Å². The van der Waals surface area contributed by atoms with Crippen LogP contribution in [0.4, 0.5) is 5.88 Å². The SMILES string of the molecule is CC(C)c1cc(Br)cc(-c2cnoc2N)c1. The Morgan fingerprint density at radius 1 is 1.31 bits per heavy atom. The molecule has 0 aliphatic carbocycles. The van der Waals surface area contributed by atoms with Gasteiger partial charge in [-0.1, -0.05) is 41.0 Å². The summed E-state index contributed by atoms with van der Waals surface area (Å²) in [6, 6.07) is 6.23. The first-order valence-electron chi connectivity index (χ1n) is 5.09. The Morgan fingerprint density at radius 2 is 2.06 bits per heavy atom. The number of hydrogen-bond acceptors (Lipinski definition) is 3. The second kappa shape index (κ2) is 4.29. The normalized spacial score (nSPS) is 11.0. The van der Waals surface area contributed by atoms with Crippen molar-refractivity contribution in [1.29, 1.82) is 0 Å². The molecule has 0 amide bonds. The minimum absolute atomic E-state index is 0.354. The van der Waals surface area contributed by atoms with Crippen molar-refractivity contribution in [3.63, 3.8) is 0 Å². The van der Waals surface area contributed by atoms with E-state index >= 15 is 0 Å². The first-order valence-corrected chi connectivity index (χ1v) is 5.88. The van der Waals surface area contributed by atoms with Gasteiger partial charge in [-0.05, 0) is 29.2 Å². The van der Waals surface area contributed by atoms with Crippen LogP contribution in [-0.2, 0) is 0 Å². The number of rotatable bonds is 2. The lowest BCUT2D eigenvalue weighted by Gasteiger charge is -2.08. The highest BCUT2D eigenvalue weighted by Gasteiger charge is 2.10. The number of nitrogens with zero attached hydrogens (tertiary/aromatic N) is 1. The molecule has 2 aromatic rings. The average molecular weight is 281 g/mol. The highest BCUT2D eigenvalue weighted by Crippen LogP contribution is 2.31. The zero-order valence-electron chi connectivity index (χ0n) is 9.20. The molecule has 1 heterocycles. The van der Waals surface area contributed by atoms with Gasteiger partial charge in [0.25, 0.3) is 0 Å². The number of hydrogen-bond donors (Lipinski definition) is 1. The van der Waals surface area contributed by atoms with Crippen molar-refractivity contribution in [3.8, 4) is 11.1 Å². The Hall–Kier alpha value is -1.29. The van der Waals surface area contributed by atoms with Crippen LogP contribution in [0.15, 0.2) is 33.4 Å². The molecule has 3 nitrogen and oxygen atoms in total. The summed E-state index contributed by atoms with van der Waals surface area (Å²) < 4.78 is 5.91. The van der Waals surface area contributed by atoms with Crippen LogP contribution < -0.4 is 5.73 Å². The number of halogens is 1. The van der Waals surface area contributed by atoms with Gasteiger partial charge in [-0.25, -0.2) is 0 Å². The van der Waals surface area contributed by atoms with Gasteiger partial charge in [-0.3, -0.25) is 0 Å². The van der Waals surface area contributed by atoms with E-state index in [1.807, 2.05) is 6.07 Å². The zero-order chi connectivity index (χ0) is 11.7. The zero-order valence-corrected chi connectivity index (χ0v) is 10.8. The second-order valence-corrected chi connectivity index (χ2v) is 4.95. The molecule has 0 saturated carbocycles. The fourth-order valence-corrected chi connectivity index (χ4v) is 2.08. The van der Waals surface area contributed by atoms with E-state index in [1.54, 1.807) is 6.20 Å². The molecule has 2 rings (SSSR count). The van der Waals surface area contributed by atoms with Gasteiger partial charge in [0, 0.05) is 4.47 Å². The molecule has 0 atom stereocenters. The molecule has 0 spiro atoms. The molecule has 2 N–H and O–H groups in total. The monoisotopic (exact) mass is 280 g/mol. The third-order valence-corrected chi connectivity index (χ3v) is 2.95. The summed E-state index contributed by atoms with van der Waals surface area (Å²) in [7, 11) is 0. The van der Waals surface area contributed by atoms with Gasteiger partial charge in [0.1, 0.15) is 0 Å². The minimum atomic E-state index is 0.354. The summed E-state index contributed by atoms with van der Waals surface area (Å²) in [6.07, 6.45) is 1.64. The maximum absolute atomic E-state index is 5.70. The molecule has 0 radical (unpaired) electrons. The number of nitrogen functional groups attached to an aromatic ring is 1. The Labute approximate surface area is 103 Å². The fraction of sp³-hybridized carbons (Fsp3) is 0.250. The van der Waals surface area contributed by atoms with Crippen LogP contribution in [-0.4, -0.2) is 5.16 Å². The van der Waals surface area contributed by atoms with Crippen LogP contribution in [0.2, 0.25) is 0 Å². The summed E-state index contributed by atoms with van der Waals surface area (Å²) >= 11 is 3.50. The standard InChI is InChI=1S/C12H13BrN2O/c1-7(2)8-3-9(5-10(13)4-8)11-6-15-16-12(11)14/h3-7H,14H2,1-2H3. The van der Waals surface area contributed by atoms with Gasteiger partial charge >= 0.3 is 0 Å². The summed E-state index contributed by atoms with van der Waals surface area (Å²) in [5.41, 5.74) is 8.82. The highest BCUT2D eigenvalue weighted by molar-refractivity contribution is 9.10. The van der Waals surface area contributed by atoms with Gasteiger partial charge < -0.3 is 10.3 Å². The summed E-state index contributed by atoms with van der Waals surface area (Å²) in [5, 5.41) is 3.69. The summed E-state index contributed by atoms with van der Waals surface area (Å²) in [6.45, 7) is 4.31. The number of nitrogens with two attached hydrogens (primary N) is 1. The van der Waals surface area contributed by atoms with E-state index in [-0.39, 0.29) is 0 Å². The number of benzene rings is 1. The van der Waals surface area contributed by atoms with E-state index in [2.05, 4.69) is 47.1 Å². The Morgan fingerprint density at radius 3 is 2.62 bits per heavy atom. The molecule has 16 heavy (non-hydrogen) atoms. The van der Waals surface area contributed by atoms with Crippen molar-refractivity contribution in [1.82, 2.24) is 5.16 Å². The van der Waals surface area contributed by atoms with Crippen molar-refractivity contribution < 1.29 is 4.52 Å². The van der Waals surface area contributed by atoms with Gasteiger partial charge in [-0.2, -0.15) is 0 Å². The fourth-order valence-electron chi connectivity index (χ4n) is 1.57. The lowest BCUT2D eigenvalue weighted by atomic mass is 9.98. The molecule has 1 aromatic heterocycles. The largest absolute Gasteiger partial charge is 0.367 e. The molecule has 1 aromatic carbocycles. The van der Waals surface area contributed by atoms with Crippen molar-refractivity contribution >= 4 is 21.8 Å². The number of anilines is 1. The quantitative estimate of drug-likeness (QED) is 0.910. The van der Waals surface area contributed by atoms with Gasteiger partial charge in [-0.15, -0.1) is 0 Å². The van der Waals surface area contributed by atoms with E-state index in [4.69, 9.17) is 10.3 Å². The van der Waals surface area contributed by atoms with Crippen LogP contribution in [0.5, 0.6) is 0 Å². The predicted molar refractivity (Wildman–Crippen MR) is 68.1 cm³/mol. The third-order valence-electron chi connectivity index (χ3n) is 2.50. The van der Waals surface area contributed by atoms with Crippen molar-refractivity contribution in [2.45, 2.75) is 19.8 Å². The minimum Gasteiger partial charge on any atom is -0.367 e. The summed E-state index contributed by atoms with van der Waals surface area (Å²) in [4.78, 5) is 0. The molecular formula is C12H13BrN2O. The van der Waals surface area contributed by atoms with Crippen LogP contribution in [0, 0.1) is 0 Å². The van der Waals surface area contributed by atoms with Gasteiger partial charge in [0.15, 0.2) is 0 Å². The van der Waals surface area contributed by atoms with E-state index < -0.39 is 0 Å². The van der Waals surface area contributed by atoms with Crippen molar-refractivity contribution in [3.05, 3.63) is 34.4 Å². The highest BCUT2D eigenvalue weighted by atomic mass is 79.9. The molecule has 0 bridgehead atoms. The van der Waals surface area contributed by atoms with E-state index in [0.717, 1.165) is 15.6 Å². The maximum atomic E-state index is 5.70. The molecule has 0 saturated heterocycles. The Bertz CT molecular complexity index is 505. The van der Waals surface area contributed by atoms with Gasteiger partial charge in [0.05, 0.1) is 11.8 Å². The molecule has 84 valence electrons. The molecule has 4 heteroatoms. The maximum Gasteiger partial charge on any atom is 0.229 e. The molecular weight excluding hydrogens is 268 g/mol. The van der Waals surface area contributed by atoms with Crippen LogP contribution in [0.25, 0.3) is 11.1 Å². The lowest BCUT2D eigenvalue weighted by molar-refractivity contribution is 0.436. The third kappa shape index (κ3) is 2.11. The lowest BCUT2D eigenvalue weighted by Crippen LogP contribution is -1.90. The Balaban J connectivity index is 2.54. The second-order valence-electron chi connectivity index (χ2n) is 4.03. The molecule has 0 unspecified atom stereocenters. The van der Waals surface area contributed by atoms with E-state index in [9.17, 15) is 0 Å². The predicted octanol–water partition coefficient (Wildman–Crippen LogP) is 3.81. The number of aromatic nitrogens is 1.